The standard InChI is InChI=1S/C17H15BrF4N6O/c1-10-14(18)15(17(20,21)22)25-28(10)6-5-13(29)24-16-23-9-27(26-16)8-11-3-2-4-12(19)7-11/h2-4,7,9H,5-6,8H2,1H3,(H,24,26,29). The zero-order chi connectivity index (χ0) is 21.2. The summed E-state index contributed by atoms with van der Waals surface area (Å²) in [4.78, 5) is 16.0. The third kappa shape index (κ3) is 5.19. The Morgan fingerprint density at radius 2 is 2.03 bits per heavy atom. The number of nitrogens with zero attached hydrogens (tertiary/aromatic N) is 5. The van der Waals surface area contributed by atoms with Crippen LogP contribution in [0.15, 0.2) is 35.1 Å². The third-order valence-corrected chi connectivity index (χ3v) is 4.92. The van der Waals surface area contributed by atoms with Crippen LogP contribution in [0.1, 0.15) is 23.4 Å². The topological polar surface area (TPSA) is 77.6 Å². The van der Waals surface area contributed by atoms with Gasteiger partial charge < -0.3 is 0 Å². The minimum absolute atomic E-state index is 0.0424. The van der Waals surface area contributed by atoms with Crippen molar-refractivity contribution in [2.45, 2.75) is 32.6 Å². The molecule has 0 saturated heterocycles. The molecule has 154 valence electrons. The van der Waals surface area contributed by atoms with E-state index in [0.717, 1.165) is 4.68 Å². The van der Waals surface area contributed by atoms with E-state index in [0.29, 0.717) is 5.56 Å². The highest BCUT2D eigenvalue weighted by atomic mass is 79.9. The largest absolute Gasteiger partial charge is 0.436 e. The quantitative estimate of drug-likeness (QED) is 0.551. The minimum atomic E-state index is -4.59. The molecule has 3 rings (SSSR count). The molecule has 0 atom stereocenters. The average Bonchev–Trinajstić information content (AvgIpc) is 3.18. The van der Waals surface area contributed by atoms with E-state index in [2.05, 4.69) is 36.4 Å². The lowest BCUT2D eigenvalue weighted by Gasteiger charge is -2.05. The lowest BCUT2D eigenvalue weighted by atomic mass is 10.2. The smallest absolute Gasteiger partial charge is 0.293 e. The number of alkyl halides is 3. The van der Waals surface area contributed by atoms with E-state index in [1.54, 1.807) is 12.1 Å². The molecular weight excluding hydrogens is 460 g/mol. The molecule has 2 heterocycles. The highest BCUT2D eigenvalue weighted by Gasteiger charge is 2.37. The Balaban J connectivity index is 1.57. The van der Waals surface area contributed by atoms with Crippen LogP contribution in [-0.4, -0.2) is 30.5 Å². The van der Waals surface area contributed by atoms with E-state index < -0.39 is 17.8 Å². The molecular formula is C17H15BrF4N6O. The van der Waals surface area contributed by atoms with Crippen molar-refractivity contribution in [2.24, 2.45) is 0 Å². The first-order valence-corrected chi connectivity index (χ1v) is 9.16. The van der Waals surface area contributed by atoms with E-state index in [4.69, 9.17) is 0 Å². The first-order chi connectivity index (χ1) is 13.6. The van der Waals surface area contributed by atoms with Crippen molar-refractivity contribution in [1.29, 1.82) is 0 Å². The molecule has 0 bridgehead atoms. The summed E-state index contributed by atoms with van der Waals surface area (Å²) in [6.07, 6.45) is -3.33. The van der Waals surface area contributed by atoms with Crippen LogP contribution in [-0.2, 0) is 24.1 Å². The first-order valence-electron chi connectivity index (χ1n) is 8.37. The monoisotopic (exact) mass is 474 g/mol. The van der Waals surface area contributed by atoms with Crippen molar-refractivity contribution >= 4 is 27.8 Å². The molecule has 1 aromatic carbocycles. The molecule has 7 nitrogen and oxygen atoms in total. The lowest BCUT2D eigenvalue weighted by Crippen LogP contribution is -2.17. The van der Waals surface area contributed by atoms with Crippen molar-refractivity contribution in [1.82, 2.24) is 24.5 Å². The van der Waals surface area contributed by atoms with Crippen LogP contribution in [0.3, 0.4) is 0 Å². The summed E-state index contributed by atoms with van der Waals surface area (Å²) in [6.45, 7) is 1.69. The molecule has 0 aliphatic heterocycles. The normalized spacial score (nSPS) is 11.7. The highest BCUT2D eigenvalue weighted by molar-refractivity contribution is 9.10. The molecule has 0 spiro atoms. The van der Waals surface area contributed by atoms with Crippen LogP contribution < -0.4 is 5.32 Å². The number of hydrogen-bond acceptors (Lipinski definition) is 4. The van der Waals surface area contributed by atoms with Gasteiger partial charge in [-0.2, -0.15) is 18.3 Å². The van der Waals surface area contributed by atoms with Gasteiger partial charge in [-0.25, -0.2) is 14.1 Å². The molecule has 0 fully saturated rings. The number of halogens is 5. The number of amides is 1. The van der Waals surface area contributed by atoms with Crippen LogP contribution in [0.25, 0.3) is 0 Å². The Labute approximate surface area is 170 Å². The van der Waals surface area contributed by atoms with Gasteiger partial charge in [0.05, 0.1) is 23.3 Å². The molecule has 0 aliphatic rings. The second-order valence-electron chi connectivity index (χ2n) is 6.16. The fourth-order valence-electron chi connectivity index (χ4n) is 2.57. The van der Waals surface area contributed by atoms with Crippen molar-refractivity contribution in [3.05, 3.63) is 57.8 Å². The van der Waals surface area contributed by atoms with Gasteiger partial charge in [-0.1, -0.05) is 12.1 Å². The van der Waals surface area contributed by atoms with Crippen LogP contribution in [0.2, 0.25) is 0 Å². The highest BCUT2D eigenvalue weighted by Crippen LogP contribution is 2.35. The number of carbonyl (C=O) groups is 1. The number of nitrogens with one attached hydrogen (secondary N) is 1. The summed E-state index contributed by atoms with van der Waals surface area (Å²) < 4.78 is 54.3. The van der Waals surface area contributed by atoms with Gasteiger partial charge in [-0.3, -0.25) is 14.8 Å². The van der Waals surface area contributed by atoms with Crippen molar-refractivity contribution in [3.8, 4) is 0 Å². The van der Waals surface area contributed by atoms with Gasteiger partial charge in [0.25, 0.3) is 0 Å². The Hall–Kier alpha value is -2.76. The zero-order valence-corrected chi connectivity index (χ0v) is 16.6. The van der Waals surface area contributed by atoms with Gasteiger partial charge in [-0.05, 0) is 40.5 Å². The number of hydrogen-bond donors (Lipinski definition) is 1. The molecule has 0 aliphatic carbocycles. The molecule has 3 aromatic rings. The molecule has 29 heavy (non-hydrogen) atoms. The molecule has 0 radical (unpaired) electrons. The summed E-state index contributed by atoms with van der Waals surface area (Å²) in [5.41, 5.74) is -0.0937. The predicted molar refractivity (Wildman–Crippen MR) is 98.4 cm³/mol. The number of anilines is 1. The Morgan fingerprint density at radius 1 is 1.28 bits per heavy atom. The van der Waals surface area contributed by atoms with Crippen molar-refractivity contribution in [3.63, 3.8) is 0 Å². The van der Waals surface area contributed by atoms with Gasteiger partial charge in [0.15, 0.2) is 5.69 Å². The number of benzene rings is 1. The third-order valence-electron chi connectivity index (χ3n) is 3.97. The second-order valence-corrected chi connectivity index (χ2v) is 6.96. The van der Waals surface area contributed by atoms with E-state index in [9.17, 15) is 22.4 Å². The van der Waals surface area contributed by atoms with Gasteiger partial charge in [0.2, 0.25) is 11.9 Å². The second kappa shape index (κ2) is 8.31. The van der Waals surface area contributed by atoms with Crippen LogP contribution in [0.5, 0.6) is 0 Å². The van der Waals surface area contributed by atoms with Gasteiger partial charge in [-0.15, -0.1) is 5.10 Å². The van der Waals surface area contributed by atoms with Crippen LogP contribution >= 0.6 is 15.9 Å². The predicted octanol–water partition coefficient (Wildman–Crippen LogP) is 3.78. The van der Waals surface area contributed by atoms with Crippen molar-refractivity contribution in [2.75, 3.05) is 5.32 Å². The molecule has 0 unspecified atom stereocenters. The Bertz CT molecular complexity index is 1030. The number of rotatable bonds is 6. The molecule has 1 N–H and O–H groups in total. The average molecular weight is 475 g/mol. The Kier molecular flexibility index (Phi) is 6.01. The SMILES string of the molecule is Cc1c(Br)c(C(F)(F)F)nn1CCC(=O)Nc1ncn(Cc2cccc(F)c2)n1. The summed E-state index contributed by atoms with van der Waals surface area (Å²) in [7, 11) is 0. The van der Waals surface area contributed by atoms with E-state index in [1.807, 2.05) is 0 Å². The van der Waals surface area contributed by atoms with Crippen LogP contribution in [0.4, 0.5) is 23.5 Å². The number of aromatic nitrogens is 5. The molecule has 2 aromatic heterocycles. The van der Waals surface area contributed by atoms with E-state index >= 15 is 0 Å². The van der Waals surface area contributed by atoms with E-state index in [1.165, 1.54) is 30.1 Å². The van der Waals surface area contributed by atoms with Crippen LogP contribution in [0, 0.1) is 12.7 Å². The summed E-state index contributed by atoms with van der Waals surface area (Å²) in [5, 5.41) is 10.1. The maximum absolute atomic E-state index is 13.2. The first kappa shape index (κ1) is 21.0. The maximum atomic E-state index is 13.2. The molecule has 1 amide bonds. The fraction of sp³-hybridized carbons (Fsp3) is 0.294. The zero-order valence-electron chi connectivity index (χ0n) is 15.0. The maximum Gasteiger partial charge on any atom is 0.436 e. The minimum Gasteiger partial charge on any atom is -0.293 e. The number of aryl methyl sites for hydroxylation is 1. The molecule has 0 saturated carbocycles. The molecule has 12 heteroatoms. The van der Waals surface area contributed by atoms with Gasteiger partial charge in [0, 0.05) is 6.42 Å². The van der Waals surface area contributed by atoms with Crippen molar-refractivity contribution < 1.29 is 22.4 Å². The summed E-state index contributed by atoms with van der Waals surface area (Å²) >= 11 is 2.88. The van der Waals surface area contributed by atoms with E-state index in [-0.39, 0.29) is 41.4 Å². The Morgan fingerprint density at radius 3 is 2.69 bits per heavy atom. The fourth-order valence-corrected chi connectivity index (χ4v) is 3.08. The lowest BCUT2D eigenvalue weighted by molar-refractivity contribution is -0.142. The number of carbonyl (C=O) groups excluding carboxylic acids is 1. The van der Waals surface area contributed by atoms with Gasteiger partial charge >= 0.3 is 6.18 Å². The summed E-state index contributed by atoms with van der Waals surface area (Å²) in [5.74, 6) is -0.806. The van der Waals surface area contributed by atoms with Gasteiger partial charge in [0.1, 0.15) is 12.1 Å². The summed E-state index contributed by atoms with van der Waals surface area (Å²) in [6, 6.07) is 5.99.